The molecule has 0 spiro atoms. The van der Waals surface area contributed by atoms with Crippen molar-refractivity contribution in [1.29, 1.82) is 0 Å². The molecule has 0 aromatic heterocycles. The van der Waals surface area contributed by atoms with Crippen LogP contribution in [-0.2, 0) is 14.8 Å². The van der Waals surface area contributed by atoms with E-state index < -0.39 is 43.5 Å². The number of nitrogens with zero attached hydrogens (tertiary/aromatic N) is 1. The Morgan fingerprint density at radius 3 is 2.32 bits per heavy atom. The van der Waals surface area contributed by atoms with Gasteiger partial charge in [-0.2, -0.15) is 0 Å². The minimum Gasteiger partial charge on any atom is -0.279 e. The van der Waals surface area contributed by atoms with Gasteiger partial charge in [0, 0.05) is 11.1 Å². The Kier molecular flexibility index (Phi) is 5.93. The molecule has 2 aromatic rings. The molecule has 0 amide bonds. The number of hydrogen-bond acceptors (Lipinski definition) is 3. The Hall–Kier alpha value is -1.41. The highest BCUT2D eigenvalue weighted by Gasteiger charge is 2.35. The topological polar surface area (TPSA) is 54.5 Å². The van der Waals surface area contributed by atoms with Gasteiger partial charge in [0.05, 0.1) is 10.7 Å². The molecule has 0 aliphatic heterocycles. The predicted molar refractivity (Wildman–Crippen MR) is 92.8 cm³/mol. The van der Waals surface area contributed by atoms with E-state index in [0.717, 1.165) is 25.1 Å². The normalized spacial score (nSPS) is 12.7. The molecule has 0 aliphatic carbocycles. The van der Waals surface area contributed by atoms with Crippen LogP contribution in [0.3, 0.4) is 0 Å². The van der Waals surface area contributed by atoms with E-state index in [1.807, 2.05) is 0 Å². The molecule has 0 saturated heterocycles. The highest BCUT2D eigenvalue weighted by atomic mass is 35.5. The molecule has 10 heteroatoms. The average Bonchev–Trinajstić information content (AvgIpc) is 2.51. The summed E-state index contributed by atoms with van der Waals surface area (Å²) in [6, 6.07) is 4.40. The Labute approximate surface area is 158 Å². The molecule has 4 nitrogen and oxygen atoms in total. The lowest BCUT2D eigenvalue weighted by Crippen LogP contribution is -2.42. The summed E-state index contributed by atoms with van der Waals surface area (Å²) in [6.07, 6.45) is 0. The summed E-state index contributed by atoms with van der Waals surface area (Å²) < 4.78 is 53.8. The van der Waals surface area contributed by atoms with Crippen LogP contribution in [0, 0.1) is 11.6 Å². The third-order valence-corrected chi connectivity index (χ3v) is 6.17. The van der Waals surface area contributed by atoms with Crippen molar-refractivity contribution in [2.24, 2.45) is 0 Å². The second-order valence-electron chi connectivity index (χ2n) is 4.95. The van der Waals surface area contributed by atoms with E-state index in [0.29, 0.717) is 10.4 Å². The lowest BCUT2D eigenvalue weighted by Gasteiger charge is -2.29. The summed E-state index contributed by atoms with van der Waals surface area (Å²) >= 11 is 17.2. The second-order valence-corrected chi connectivity index (χ2v) is 7.95. The molecule has 0 aliphatic rings. The standard InChI is InChI=1S/C15H10Cl3F2NO3S/c1-8(15(18)22)21(13-5-3-10(19)7-12(13)20)25(23,24)14-6-9(16)2-4-11(14)17/h2-8H,1H3. The Bertz CT molecular complexity index is 938. The fraction of sp³-hybridized carbons (Fsp3) is 0.133. The van der Waals surface area contributed by atoms with Crippen LogP contribution in [0.1, 0.15) is 6.92 Å². The average molecular weight is 429 g/mol. The molecule has 134 valence electrons. The quantitative estimate of drug-likeness (QED) is 0.653. The van der Waals surface area contributed by atoms with Crippen LogP contribution in [0.25, 0.3) is 0 Å². The first-order valence-electron chi connectivity index (χ1n) is 6.69. The van der Waals surface area contributed by atoms with Gasteiger partial charge in [-0.1, -0.05) is 23.2 Å². The van der Waals surface area contributed by atoms with Crippen LogP contribution in [0.5, 0.6) is 0 Å². The van der Waals surface area contributed by atoms with Gasteiger partial charge >= 0.3 is 0 Å². The highest BCUT2D eigenvalue weighted by Crippen LogP contribution is 2.34. The van der Waals surface area contributed by atoms with Gasteiger partial charge in [0.25, 0.3) is 10.0 Å². The summed E-state index contributed by atoms with van der Waals surface area (Å²) in [5.74, 6) is -2.10. The van der Waals surface area contributed by atoms with Gasteiger partial charge in [0.1, 0.15) is 22.6 Å². The van der Waals surface area contributed by atoms with Crippen LogP contribution in [0.15, 0.2) is 41.3 Å². The molecule has 25 heavy (non-hydrogen) atoms. The largest absolute Gasteiger partial charge is 0.279 e. The van der Waals surface area contributed by atoms with Gasteiger partial charge in [0.2, 0.25) is 5.24 Å². The van der Waals surface area contributed by atoms with Crippen LogP contribution in [-0.4, -0.2) is 19.7 Å². The number of hydrogen-bond donors (Lipinski definition) is 0. The molecule has 0 N–H and O–H groups in total. The molecule has 2 rings (SSSR count). The molecule has 0 heterocycles. The molecule has 1 atom stereocenters. The van der Waals surface area contributed by atoms with Crippen LogP contribution >= 0.6 is 34.8 Å². The van der Waals surface area contributed by atoms with E-state index in [9.17, 15) is 22.0 Å². The zero-order valence-electron chi connectivity index (χ0n) is 12.5. The molecule has 2 aromatic carbocycles. The van der Waals surface area contributed by atoms with Gasteiger partial charge in [-0.15, -0.1) is 0 Å². The molecular formula is C15H10Cl3F2NO3S. The lowest BCUT2D eigenvalue weighted by molar-refractivity contribution is -0.112. The van der Waals surface area contributed by atoms with Crippen molar-refractivity contribution in [2.45, 2.75) is 17.9 Å². The minimum absolute atomic E-state index is 0.0624. The predicted octanol–water partition coefficient (Wildman–Crippen LogP) is 4.62. The molecule has 0 saturated carbocycles. The van der Waals surface area contributed by atoms with Crippen LogP contribution in [0.2, 0.25) is 10.0 Å². The summed E-state index contributed by atoms with van der Waals surface area (Å²) in [5, 5.41) is -1.19. The van der Waals surface area contributed by atoms with E-state index in [-0.39, 0.29) is 10.0 Å². The molecular weight excluding hydrogens is 419 g/mol. The van der Waals surface area contributed by atoms with Crippen molar-refractivity contribution in [3.05, 3.63) is 58.1 Å². The number of rotatable bonds is 5. The van der Waals surface area contributed by atoms with Crippen molar-refractivity contribution in [3.63, 3.8) is 0 Å². The summed E-state index contributed by atoms with van der Waals surface area (Å²) in [4.78, 5) is 11.1. The summed E-state index contributed by atoms with van der Waals surface area (Å²) in [5.41, 5.74) is -0.557. The third-order valence-electron chi connectivity index (χ3n) is 3.26. The van der Waals surface area contributed by atoms with Crippen molar-refractivity contribution in [2.75, 3.05) is 4.31 Å². The monoisotopic (exact) mass is 427 g/mol. The Morgan fingerprint density at radius 2 is 1.76 bits per heavy atom. The zero-order chi connectivity index (χ0) is 18.9. The number of anilines is 1. The lowest BCUT2D eigenvalue weighted by atomic mass is 10.2. The van der Waals surface area contributed by atoms with Gasteiger partial charge in [-0.3, -0.25) is 9.10 Å². The van der Waals surface area contributed by atoms with Crippen LogP contribution in [0.4, 0.5) is 14.5 Å². The molecule has 0 radical (unpaired) electrons. The number of carbonyl (C=O) groups excluding carboxylic acids is 1. The van der Waals surface area contributed by atoms with Gasteiger partial charge < -0.3 is 0 Å². The molecule has 0 fully saturated rings. The number of carbonyl (C=O) groups is 1. The van der Waals surface area contributed by atoms with Crippen LogP contribution < -0.4 is 4.31 Å². The second kappa shape index (κ2) is 7.45. The van der Waals surface area contributed by atoms with Gasteiger partial charge in [0.15, 0.2) is 0 Å². The first kappa shape index (κ1) is 19.9. The minimum atomic E-state index is -4.54. The van der Waals surface area contributed by atoms with E-state index in [2.05, 4.69) is 0 Å². The van der Waals surface area contributed by atoms with E-state index >= 15 is 0 Å². The first-order chi connectivity index (χ1) is 11.6. The fourth-order valence-electron chi connectivity index (χ4n) is 2.08. The van der Waals surface area contributed by atoms with Gasteiger partial charge in [-0.25, -0.2) is 17.2 Å². The van der Waals surface area contributed by atoms with Gasteiger partial charge in [-0.05, 0) is 48.9 Å². The molecule has 1 unspecified atom stereocenters. The Balaban J connectivity index is 2.75. The first-order valence-corrected chi connectivity index (χ1v) is 9.27. The number of benzene rings is 2. The number of sulfonamides is 1. The van der Waals surface area contributed by atoms with Crippen molar-refractivity contribution >= 4 is 55.8 Å². The Morgan fingerprint density at radius 1 is 1.12 bits per heavy atom. The van der Waals surface area contributed by atoms with E-state index in [1.54, 1.807) is 0 Å². The molecule has 0 bridgehead atoms. The fourth-order valence-corrected chi connectivity index (χ4v) is 4.60. The smallest absolute Gasteiger partial charge is 0.266 e. The zero-order valence-corrected chi connectivity index (χ0v) is 15.6. The maximum absolute atomic E-state index is 14.2. The van der Waals surface area contributed by atoms with Crippen molar-refractivity contribution in [3.8, 4) is 0 Å². The maximum Gasteiger partial charge on any atom is 0.266 e. The van der Waals surface area contributed by atoms with Crippen molar-refractivity contribution in [1.82, 2.24) is 0 Å². The summed E-state index contributed by atoms with van der Waals surface area (Å²) in [6.45, 7) is 1.16. The third kappa shape index (κ3) is 4.06. The summed E-state index contributed by atoms with van der Waals surface area (Å²) in [7, 11) is -4.54. The van der Waals surface area contributed by atoms with E-state index in [4.69, 9.17) is 34.8 Å². The maximum atomic E-state index is 14.2. The SMILES string of the molecule is CC(C(=O)Cl)N(c1ccc(F)cc1F)S(=O)(=O)c1cc(Cl)ccc1Cl. The number of halogens is 5. The highest BCUT2D eigenvalue weighted by molar-refractivity contribution is 7.93. The van der Waals surface area contributed by atoms with Crippen molar-refractivity contribution < 1.29 is 22.0 Å². The van der Waals surface area contributed by atoms with E-state index in [1.165, 1.54) is 12.1 Å².